The molecule has 0 fully saturated rings. The maximum Gasteiger partial charge on any atom is 1.00 e. The molecule has 0 unspecified atom stereocenters. The van der Waals surface area contributed by atoms with E-state index in [9.17, 15) is 13.2 Å². The number of hydrogen-bond donors (Lipinski definition) is 1. The van der Waals surface area contributed by atoms with Gasteiger partial charge in [0.2, 0.25) is 0 Å². The molecule has 0 atom stereocenters. The number of halogens is 3. The van der Waals surface area contributed by atoms with Gasteiger partial charge in [0.15, 0.2) is 0 Å². The largest absolute Gasteiger partial charge is 1.00 e. The molecule has 0 radical (unpaired) electrons. The molecular weight excluding hydrogens is 698 g/mol. The van der Waals surface area contributed by atoms with Crippen LogP contribution in [0.15, 0.2) is 48.8 Å². The van der Waals surface area contributed by atoms with Crippen LogP contribution in [0, 0.1) is 6.67 Å². The molecule has 0 saturated carbocycles. The van der Waals surface area contributed by atoms with E-state index in [1.165, 1.54) is 33.6 Å². The first-order chi connectivity index (χ1) is 17.0. The van der Waals surface area contributed by atoms with E-state index in [0.717, 1.165) is 0 Å². The van der Waals surface area contributed by atoms with E-state index >= 15 is 0 Å². The second-order valence-electron chi connectivity index (χ2n) is 10.3. The molecule has 1 heterocycles. The van der Waals surface area contributed by atoms with E-state index in [1.54, 1.807) is 0 Å². The Balaban J connectivity index is 0.000000699. The fourth-order valence-corrected chi connectivity index (χ4v) is 4.24. The predicted octanol–water partition coefficient (Wildman–Crippen LogP) is 8.49. The summed E-state index contributed by atoms with van der Waals surface area (Å²) in [6.45, 7) is 20.5. The number of hydrogen-bond acceptors (Lipinski definition) is 4. The second-order valence-corrected chi connectivity index (χ2v) is 11.8. The Morgan fingerprint density at radius 1 is 0.684 bits per heavy atom. The fourth-order valence-electron chi connectivity index (χ4n) is 4.24. The molecule has 2 aromatic carbocycles. The van der Waals surface area contributed by atoms with Crippen LogP contribution >= 0.6 is 0 Å². The molecular formula is C28H38AuF3N2O3S. The Labute approximate surface area is 241 Å². The Morgan fingerprint density at radius 2 is 0.921 bits per heavy atom. The summed E-state index contributed by atoms with van der Waals surface area (Å²) in [4.78, 5) is 4.65. The van der Waals surface area contributed by atoms with Crippen molar-refractivity contribution in [3.8, 4) is 0 Å². The third-order valence-corrected chi connectivity index (χ3v) is 6.72. The number of para-hydroxylation sites is 2. The zero-order chi connectivity index (χ0) is 28.3. The van der Waals surface area contributed by atoms with Crippen LogP contribution in [0.2, 0.25) is 0 Å². The van der Waals surface area contributed by atoms with Crippen LogP contribution in [0.3, 0.4) is 0 Å². The van der Waals surface area contributed by atoms with E-state index in [4.69, 9.17) is 13.0 Å². The first kappa shape index (κ1) is 34.2. The van der Waals surface area contributed by atoms with Gasteiger partial charge in [0, 0.05) is 11.4 Å². The van der Waals surface area contributed by atoms with Gasteiger partial charge >= 0.3 is 38.0 Å². The van der Waals surface area contributed by atoms with Gasteiger partial charge in [-0.15, -0.1) is 6.67 Å². The van der Waals surface area contributed by atoms with Crippen molar-refractivity contribution >= 4 is 21.5 Å². The number of benzene rings is 2. The molecule has 10 heteroatoms. The van der Waals surface area contributed by atoms with Crippen molar-refractivity contribution in [2.75, 3.05) is 9.80 Å². The monoisotopic (exact) mass is 736 g/mol. The van der Waals surface area contributed by atoms with Gasteiger partial charge in [-0.2, -0.15) is 21.6 Å². The summed E-state index contributed by atoms with van der Waals surface area (Å²) >= 11 is 0. The number of rotatable bonds is 6. The smallest absolute Gasteiger partial charge is 0.479 e. The molecule has 5 nitrogen and oxygen atoms in total. The zero-order valence-electron chi connectivity index (χ0n) is 23.0. The second kappa shape index (κ2) is 13.5. The first-order valence-corrected chi connectivity index (χ1v) is 13.8. The summed E-state index contributed by atoms with van der Waals surface area (Å²) < 4.78 is 57.5. The van der Waals surface area contributed by atoms with E-state index < -0.39 is 15.6 Å². The van der Waals surface area contributed by atoms with Crippen molar-refractivity contribution in [3.63, 3.8) is 0 Å². The standard InChI is InChI=1S/C27H37N2.CHF3O3S.Au/c1-18(2)22-11-9-12-23(19(3)4)26(22)28-15-16-29(17-28)27-24(20(5)6)13-10-14-25(27)21(7)8;2-1(3,4)8(5,6)7;/h9-21H,1-8H3;(H,5,6,7);/q-1;;+1. The van der Waals surface area contributed by atoms with Crippen molar-refractivity contribution in [3.05, 3.63) is 77.7 Å². The topological polar surface area (TPSA) is 60.9 Å². The summed E-state index contributed by atoms with van der Waals surface area (Å²) in [5.41, 5.74) is 2.75. The van der Waals surface area contributed by atoms with Crippen molar-refractivity contribution in [1.29, 1.82) is 0 Å². The van der Waals surface area contributed by atoms with Crippen LogP contribution in [0.1, 0.15) is 101 Å². The summed E-state index contributed by atoms with van der Waals surface area (Å²) in [7, 11) is -5.84. The third-order valence-electron chi connectivity index (χ3n) is 6.13. The molecule has 216 valence electrons. The quantitative estimate of drug-likeness (QED) is 0.140. The molecule has 0 aromatic heterocycles. The number of nitrogens with zero attached hydrogens (tertiary/aromatic N) is 2. The Morgan fingerprint density at radius 3 is 1.11 bits per heavy atom. The van der Waals surface area contributed by atoms with Gasteiger partial charge < -0.3 is 9.80 Å². The van der Waals surface area contributed by atoms with Crippen LogP contribution < -0.4 is 9.80 Å². The van der Waals surface area contributed by atoms with Crippen molar-refractivity contribution in [2.24, 2.45) is 0 Å². The molecule has 2 aromatic rings. The van der Waals surface area contributed by atoms with Crippen LogP contribution in [-0.4, -0.2) is 18.5 Å². The van der Waals surface area contributed by atoms with E-state index in [-0.39, 0.29) is 22.4 Å². The van der Waals surface area contributed by atoms with E-state index in [0.29, 0.717) is 23.7 Å². The van der Waals surface area contributed by atoms with Gasteiger partial charge in [0.25, 0.3) is 0 Å². The minimum absolute atomic E-state index is 0. The summed E-state index contributed by atoms with van der Waals surface area (Å²) in [6, 6.07) is 13.5. The summed E-state index contributed by atoms with van der Waals surface area (Å²) in [5.74, 6) is 1.92. The Bertz CT molecular complexity index is 1090. The molecule has 3 rings (SSSR count). The van der Waals surface area contributed by atoms with Crippen molar-refractivity contribution < 1.29 is 48.5 Å². The average Bonchev–Trinajstić information content (AvgIpc) is 3.26. The maximum atomic E-state index is 10.7. The fraction of sp³-hybridized carbons (Fsp3) is 0.464. The zero-order valence-corrected chi connectivity index (χ0v) is 26.0. The third kappa shape index (κ3) is 8.11. The molecule has 0 aliphatic carbocycles. The van der Waals surface area contributed by atoms with Gasteiger partial charge in [-0.25, -0.2) is 0 Å². The molecule has 1 aliphatic rings. The number of alkyl halides is 3. The minimum Gasteiger partial charge on any atom is -0.479 e. The molecule has 1 aliphatic heterocycles. The van der Waals surface area contributed by atoms with Gasteiger partial charge in [0.05, 0.1) is 0 Å². The van der Waals surface area contributed by atoms with Crippen LogP contribution in [0.25, 0.3) is 0 Å². The van der Waals surface area contributed by atoms with Crippen LogP contribution in [-0.2, 0) is 32.5 Å². The Hall–Kier alpha value is -1.78. The van der Waals surface area contributed by atoms with Crippen LogP contribution in [0.5, 0.6) is 0 Å². The molecule has 38 heavy (non-hydrogen) atoms. The average molecular weight is 737 g/mol. The summed E-state index contributed by atoms with van der Waals surface area (Å²) in [5, 5.41) is 0. The van der Waals surface area contributed by atoms with E-state index in [2.05, 4.69) is 121 Å². The maximum absolute atomic E-state index is 10.7. The van der Waals surface area contributed by atoms with Crippen molar-refractivity contribution in [1.82, 2.24) is 0 Å². The van der Waals surface area contributed by atoms with Crippen LogP contribution in [0.4, 0.5) is 24.5 Å². The van der Waals surface area contributed by atoms with E-state index in [1.807, 2.05) is 0 Å². The normalized spacial score (nSPS) is 13.9. The number of anilines is 2. The van der Waals surface area contributed by atoms with Gasteiger partial charge in [-0.1, -0.05) is 91.8 Å². The SMILES string of the molecule is CC(C)c1cccc(C(C)C)c1N1C=CN(c2c(C(C)C)cccc2C(C)C)[CH-]1.O=S(=O)(O)C(F)(F)F.[Au+]. The molecule has 0 saturated heterocycles. The minimum atomic E-state index is -5.84. The first-order valence-electron chi connectivity index (χ1n) is 12.4. The predicted molar refractivity (Wildman–Crippen MR) is 145 cm³/mol. The molecule has 0 spiro atoms. The molecule has 0 amide bonds. The summed E-state index contributed by atoms with van der Waals surface area (Å²) in [6.07, 6.45) is 4.43. The van der Waals surface area contributed by atoms with Gasteiger partial charge in [-0.3, -0.25) is 4.55 Å². The van der Waals surface area contributed by atoms with Gasteiger partial charge in [-0.05, 0) is 58.3 Å². The van der Waals surface area contributed by atoms with Gasteiger partial charge in [0.1, 0.15) is 0 Å². The Kier molecular flexibility index (Phi) is 12.2. The molecule has 0 bridgehead atoms. The van der Waals surface area contributed by atoms with Crippen molar-refractivity contribution in [2.45, 2.75) is 84.6 Å². The molecule has 1 N–H and O–H groups in total.